The number of aryl methyl sites for hydroxylation is 3. The van der Waals surface area contributed by atoms with Crippen molar-refractivity contribution in [2.24, 2.45) is 0 Å². The number of H-pyrrole nitrogens is 1. The van der Waals surface area contributed by atoms with Crippen LogP contribution in [0.1, 0.15) is 45.6 Å². The number of aromatic nitrogens is 5. The third-order valence-corrected chi connectivity index (χ3v) is 5.89. The molecule has 1 amide bonds. The number of amides is 1. The van der Waals surface area contributed by atoms with Crippen LogP contribution in [0.2, 0.25) is 0 Å². The minimum absolute atomic E-state index is 0.131. The molecule has 7 nitrogen and oxygen atoms in total. The zero-order valence-corrected chi connectivity index (χ0v) is 19.0. The molecule has 7 heteroatoms. The van der Waals surface area contributed by atoms with Crippen molar-refractivity contribution in [3.63, 3.8) is 0 Å². The van der Waals surface area contributed by atoms with Gasteiger partial charge in [0.15, 0.2) is 5.65 Å². The van der Waals surface area contributed by atoms with Gasteiger partial charge in [-0.05, 0) is 66.9 Å². The maximum Gasteiger partial charge on any atom is 0.267 e. The first kappa shape index (κ1) is 20.9. The van der Waals surface area contributed by atoms with E-state index in [0.29, 0.717) is 18.8 Å². The highest BCUT2D eigenvalue weighted by atomic mass is 16.1. The van der Waals surface area contributed by atoms with Crippen LogP contribution >= 0.6 is 0 Å². The Morgan fingerprint density at radius 3 is 2.64 bits per heavy atom. The van der Waals surface area contributed by atoms with Crippen molar-refractivity contribution < 1.29 is 4.79 Å². The van der Waals surface area contributed by atoms with Crippen LogP contribution in [-0.2, 0) is 19.5 Å². The number of hydrogen-bond donors (Lipinski definition) is 2. The first-order valence-electron chi connectivity index (χ1n) is 11.1. The van der Waals surface area contributed by atoms with Gasteiger partial charge in [0.05, 0.1) is 6.54 Å². The Labute approximate surface area is 191 Å². The smallest absolute Gasteiger partial charge is 0.267 e. The Morgan fingerprint density at radius 1 is 1.03 bits per heavy atom. The topological polar surface area (TPSA) is 88.5 Å². The summed E-state index contributed by atoms with van der Waals surface area (Å²) in [6.45, 7) is 7.36. The summed E-state index contributed by atoms with van der Waals surface area (Å²) in [7, 11) is 0. The maximum atomic E-state index is 12.6. The molecule has 0 saturated heterocycles. The number of fused-ring (bicyclic) bond motifs is 2. The lowest BCUT2D eigenvalue weighted by Crippen LogP contribution is -2.23. The van der Waals surface area contributed by atoms with E-state index in [9.17, 15) is 4.79 Å². The lowest BCUT2D eigenvalue weighted by molar-refractivity contribution is 0.0946. The van der Waals surface area contributed by atoms with Crippen LogP contribution in [0, 0.1) is 13.8 Å². The Hall–Kier alpha value is -4.00. The van der Waals surface area contributed by atoms with Crippen LogP contribution in [0.15, 0.2) is 54.9 Å². The fourth-order valence-electron chi connectivity index (χ4n) is 4.25. The summed E-state index contributed by atoms with van der Waals surface area (Å²) in [6, 6.07) is 14.0. The van der Waals surface area contributed by atoms with E-state index in [2.05, 4.69) is 51.9 Å². The molecular formula is C26H26N6O. The molecular weight excluding hydrogens is 412 g/mol. The van der Waals surface area contributed by atoms with Gasteiger partial charge in [0, 0.05) is 42.0 Å². The van der Waals surface area contributed by atoms with Crippen molar-refractivity contribution in [2.75, 3.05) is 0 Å². The van der Waals surface area contributed by atoms with Gasteiger partial charge in [0.25, 0.3) is 5.91 Å². The van der Waals surface area contributed by atoms with E-state index in [-0.39, 0.29) is 5.91 Å². The molecule has 4 heterocycles. The van der Waals surface area contributed by atoms with Gasteiger partial charge in [-0.2, -0.15) is 0 Å². The zero-order chi connectivity index (χ0) is 22.9. The predicted octanol–water partition coefficient (Wildman–Crippen LogP) is 4.47. The second kappa shape index (κ2) is 8.50. The minimum atomic E-state index is -0.131. The molecule has 0 unspecified atom stereocenters. The molecule has 0 fully saturated rings. The van der Waals surface area contributed by atoms with Crippen LogP contribution in [0.5, 0.6) is 0 Å². The van der Waals surface area contributed by atoms with Crippen LogP contribution in [0.3, 0.4) is 0 Å². The summed E-state index contributed by atoms with van der Waals surface area (Å²) in [5.41, 5.74) is 7.66. The van der Waals surface area contributed by atoms with Crippen molar-refractivity contribution in [1.82, 2.24) is 29.8 Å². The number of carbonyl (C=O) groups is 1. The van der Waals surface area contributed by atoms with E-state index in [1.165, 1.54) is 0 Å². The Morgan fingerprint density at radius 2 is 1.85 bits per heavy atom. The minimum Gasteiger partial charge on any atom is -0.351 e. The van der Waals surface area contributed by atoms with E-state index in [1.54, 1.807) is 12.4 Å². The SMILES string of the molecule is CCc1nc2c(C)cc(C)nc2n1Cc1ccc2[nH]c(C(=O)NCc3ccncc3)cc2c1. The molecule has 0 aliphatic carbocycles. The van der Waals surface area contributed by atoms with Gasteiger partial charge in [-0.15, -0.1) is 0 Å². The number of pyridine rings is 2. The highest BCUT2D eigenvalue weighted by molar-refractivity contribution is 5.98. The number of rotatable bonds is 6. The van der Waals surface area contributed by atoms with E-state index in [4.69, 9.17) is 9.97 Å². The van der Waals surface area contributed by atoms with Gasteiger partial charge in [0.1, 0.15) is 17.0 Å². The number of aromatic amines is 1. The van der Waals surface area contributed by atoms with Crippen molar-refractivity contribution in [3.8, 4) is 0 Å². The van der Waals surface area contributed by atoms with Gasteiger partial charge < -0.3 is 14.9 Å². The Balaban J connectivity index is 1.41. The first-order valence-corrected chi connectivity index (χ1v) is 11.1. The van der Waals surface area contributed by atoms with Gasteiger partial charge in [0.2, 0.25) is 0 Å². The number of carbonyl (C=O) groups excluding carboxylic acids is 1. The third kappa shape index (κ3) is 4.09. The zero-order valence-electron chi connectivity index (χ0n) is 19.0. The predicted molar refractivity (Wildman–Crippen MR) is 129 cm³/mol. The van der Waals surface area contributed by atoms with E-state index < -0.39 is 0 Å². The van der Waals surface area contributed by atoms with Crippen molar-refractivity contribution in [3.05, 3.63) is 88.8 Å². The molecule has 4 aromatic heterocycles. The van der Waals surface area contributed by atoms with Gasteiger partial charge >= 0.3 is 0 Å². The van der Waals surface area contributed by atoms with Crippen LogP contribution in [-0.4, -0.2) is 30.4 Å². The summed E-state index contributed by atoms with van der Waals surface area (Å²) < 4.78 is 2.20. The molecule has 0 radical (unpaired) electrons. The standard InChI is InChI=1S/C26H26N6O/c1-4-23-31-24-16(2)11-17(3)29-25(24)32(23)15-19-5-6-21-20(12-19)13-22(30-21)26(33)28-14-18-7-9-27-10-8-18/h5-13,30H,4,14-15H2,1-3H3,(H,28,33). The molecule has 33 heavy (non-hydrogen) atoms. The second-order valence-corrected chi connectivity index (χ2v) is 8.36. The monoisotopic (exact) mass is 438 g/mol. The Bertz CT molecular complexity index is 1470. The van der Waals surface area contributed by atoms with E-state index in [1.807, 2.05) is 31.2 Å². The number of imidazole rings is 1. The first-order chi connectivity index (χ1) is 16.0. The molecule has 0 aliphatic rings. The van der Waals surface area contributed by atoms with Crippen LogP contribution in [0.4, 0.5) is 0 Å². The second-order valence-electron chi connectivity index (χ2n) is 8.36. The lowest BCUT2D eigenvalue weighted by atomic mass is 10.1. The summed E-state index contributed by atoms with van der Waals surface area (Å²) in [5.74, 6) is 0.894. The van der Waals surface area contributed by atoms with Gasteiger partial charge in [-0.3, -0.25) is 9.78 Å². The van der Waals surface area contributed by atoms with Gasteiger partial charge in [-0.25, -0.2) is 9.97 Å². The summed E-state index contributed by atoms with van der Waals surface area (Å²) in [4.78, 5) is 29.5. The maximum absolute atomic E-state index is 12.6. The van der Waals surface area contributed by atoms with Crippen molar-refractivity contribution >= 4 is 28.0 Å². The lowest BCUT2D eigenvalue weighted by Gasteiger charge is -2.09. The normalized spacial score (nSPS) is 11.4. The molecule has 0 atom stereocenters. The largest absolute Gasteiger partial charge is 0.351 e. The summed E-state index contributed by atoms with van der Waals surface area (Å²) in [6.07, 6.45) is 4.28. The number of benzene rings is 1. The quantitative estimate of drug-likeness (QED) is 0.410. The third-order valence-electron chi connectivity index (χ3n) is 5.89. The molecule has 166 valence electrons. The van der Waals surface area contributed by atoms with Crippen LogP contribution < -0.4 is 5.32 Å². The van der Waals surface area contributed by atoms with Crippen molar-refractivity contribution in [2.45, 2.75) is 40.3 Å². The molecule has 0 aliphatic heterocycles. The molecule has 0 saturated carbocycles. The number of nitrogens with one attached hydrogen (secondary N) is 2. The molecule has 1 aromatic carbocycles. The van der Waals surface area contributed by atoms with Gasteiger partial charge in [-0.1, -0.05) is 13.0 Å². The number of hydrogen-bond acceptors (Lipinski definition) is 4. The molecule has 0 spiro atoms. The van der Waals surface area contributed by atoms with Crippen LogP contribution in [0.25, 0.3) is 22.1 Å². The Kier molecular flexibility index (Phi) is 5.38. The molecule has 5 aromatic rings. The summed E-state index contributed by atoms with van der Waals surface area (Å²) >= 11 is 0. The average Bonchev–Trinajstić information content (AvgIpc) is 3.40. The fourth-order valence-corrected chi connectivity index (χ4v) is 4.25. The molecule has 2 N–H and O–H groups in total. The highest BCUT2D eigenvalue weighted by Crippen LogP contribution is 2.23. The molecule has 5 rings (SSSR count). The van der Waals surface area contributed by atoms with Crippen molar-refractivity contribution in [1.29, 1.82) is 0 Å². The van der Waals surface area contributed by atoms with E-state index >= 15 is 0 Å². The fraction of sp³-hybridized carbons (Fsp3) is 0.231. The van der Waals surface area contributed by atoms with E-state index in [0.717, 1.165) is 56.7 Å². The molecule has 0 bridgehead atoms. The highest BCUT2D eigenvalue weighted by Gasteiger charge is 2.15. The summed E-state index contributed by atoms with van der Waals surface area (Å²) in [5, 5.41) is 3.96. The number of nitrogens with zero attached hydrogens (tertiary/aromatic N) is 4. The average molecular weight is 439 g/mol.